The summed E-state index contributed by atoms with van der Waals surface area (Å²) in [6.07, 6.45) is 92.6. The second kappa shape index (κ2) is 72.8. The quantitative estimate of drug-likeness (QED) is 0.0320. The molecule has 3 N–H and O–H groups in total. The van der Waals surface area contributed by atoms with Crippen molar-refractivity contribution in [3.63, 3.8) is 0 Å². The molecule has 0 aromatic carbocycles. The van der Waals surface area contributed by atoms with Gasteiger partial charge in [-0.15, -0.1) is 0 Å². The Hall–Kier alpha value is -1.66. The van der Waals surface area contributed by atoms with E-state index in [1.807, 2.05) is 0 Å². The van der Waals surface area contributed by atoms with Crippen LogP contribution in [-0.4, -0.2) is 47.4 Å². The highest BCUT2D eigenvalue weighted by atomic mass is 16.5. The highest BCUT2D eigenvalue weighted by Crippen LogP contribution is 2.20. The van der Waals surface area contributed by atoms with Crippen LogP contribution < -0.4 is 5.32 Å². The molecule has 0 aromatic heterocycles. The highest BCUT2D eigenvalue weighted by molar-refractivity contribution is 5.76. The van der Waals surface area contributed by atoms with Crippen LogP contribution in [0.1, 0.15) is 431 Å². The van der Waals surface area contributed by atoms with Crippen LogP contribution in [-0.2, 0) is 14.3 Å². The molecule has 0 aliphatic rings. The van der Waals surface area contributed by atoms with Gasteiger partial charge in [-0.1, -0.05) is 385 Å². The second-order valence-corrected chi connectivity index (χ2v) is 26.3. The van der Waals surface area contributed by atoms with Crippen LogP contribution in [0.5, 0.6) is 0 Å². The molecule has 0 fully saturated rings. The highest BCUT2D eigenvalue weighted by Gasteiger charge is 2.20. The third kappa shape index (κ3) is 69.3. The van der Waals surface area contributed by atoms with E-state index in [9.17, 15) is 19.8 Å². The number of aliphatic hydroxyl groups is 2. The fourth-order valence-corrected chi connectivity index (χ4v) is 12.2. The molecule has 0 spiro atoms. The van der Waals surface area contributed by atoms with Crippen molar-refractivity contribution in [3.05, 3.63) is 24.3 Å². The molecule has 0 heterocycles. The van der Waals surface area contributed by atoms with E-state index in [0.717, 1.165) is 44.9 Å². The molecule has 1 amide bonds. The van der Waals surface area contributed by atoms with Gasteiger partial charge in [-0.05, 0) is 57.8 Å². The third-order valence-corrected chi connectivity index (χ3v) is 18.0. The molecular weight excluding hydrogens is 1020 g/mol. The van der Waals surface area contributed by atoms with Crippen LogP contribution in [0, 0.1) is 0 Å². The van der Waals surface area contributed by atoms with E-state index in [2.05, 4.69) is 43.5 Å². The summed E-state index contributed by atoms with van der Waals surface area (Å²) in [5.74, 6) is -0.00816. The maximum Gasteiger partial charge on any atom is 0.305 e. The summed E-state index contributed by atoms with van der Waals surface area (Å²) in [7, 11) is 0. The number of nitrogens with one attached hydrogen (secondary N) is 1. The summed E-state index contributed by atoms with van der Waals surface area (Å²) in [6.45, 7) is 5.00. The first-order valence-electron chi connectivity index (χ1n) is 38.1. The first-order valence-corrected chi connectivity index (χ1v) is 38.1. The first-order chi connectivity index (χ1) is 41.0. The van der Waals surface area contributed by atoms with Gasteiger partial charge in [-0.25, -0.2) is 0 Å². The van der Waals surface area contributed by atoms with Crippen molar-refractivity contribution in [1.29, 1.82) is 0 Å². The third-order valence-electron chi connectivity index (χ3n) is 18.0. The number of allylic oxidation sites excluding steroid dienone is 4. The molecule has 0 aliphatic carbocycles. The van der Waals surface area contributed by atoms with Gasteiger partial charge in [0.2, 0.25) is 5.91 Å². The van der Waals surface area contributed by atoms with Crippen molar-refractivity contribution in [3.8, 4) is 0 Å². The Morgan fingerprint density at radius 2 is 0.602 bits per heavy atom. The number of hydrogen-bond acceptors (Lipinski definition) is 5. The van der Waals surface area contributed by atoms with Gasteiger partial charge in [0.25, 0.3) is 0 Å². The number of carbonyl (C=O) groups excluding carboxylic acids is 2. The molecule has 0 rings (SSSR count). The Morgan fingerprint density at radius 1 is 0.337 bits per heavy atom. The van der Waals surface area contributed by atoms with E-state index in [1.54, 1.807) is 0 Å². The first kappa shape index (κ1) is 81.3. The van der Waals surface area contributed by atoms with E-state index < -0.39 is 12.1 Å². The van der Waals surface area contributed by atoms with Crippen molar-refractivity contribution in [2.24, 2.45) is 0 Å². The predicted octanol–water partition coefficient (Wildman–Crippen LogP) is 24.9. The van der Waals surface area contributed by atoms with E-state index in [4.69, 9.17) is 4.74 Å². The van der Waals surface area contributed by atoms with Crippen molar-refractivity contribution in [2.75, 3.05) is 13.2 Å². The lowest BCUT2D eigenvalue weighted by Crippen LogP contribution is -2.45. The number of carbonyl (C=O) groups is 2. The zero-order chi connectivity index (χ0) is 59.9. The summed E-state index contributed by atoms with van der Waals surface area (Å²) >= 11 is 0. The number of ether oxygens (including phenoxy) is 1. The van der Waals surface area contributed by atoms with Crippen molar-refractivity contribution < 1.29 is 24.5 Å². The molecule has 0 saturated heterocycles. The number of unbranched alkanes of at least 4 members (excludes halogenated alkanes) is 57. The lowest BCUT2D eigenvalue weighted by Gasteiger charge is -2.22. The number of hydrogen-bond donors (Lipinski definition) is 3. The van der Waals surface area contributed by atoms with E-state index >= 15 is 0 Å². The zero-order valence-electron chi connectivity index (χ0n) is 56.5. The maximum absolute atomic E-state index is 12.5. The van der Waals surface area contributed by atoms with Gasteiger partial charge in [0.05, 0.1) is 25.4 Å². The minimum absolute atomic E-state index is 0.0216. The Balaban J connectivity index is 3.34. The molecule has 492 valence electrons. The molecule has 0 saturated carbocycles. The molecular formula is C77H149NO5. The molecule has 0 radical (unpaired) electrons. The average Bonchev–Trinajstić information content (AvgIpc) is 3.49. The maximum atomic E-state index is 12.5. The smallest absolute Gasteiger partial charge is 0.305 e. The number of esters is 1. The molecule has 6 nitrogen and oxygen atoms in total. The molecule has 6 heteroatoms. The van der Waals surface area contributed by atoms with Gasteiger partial charge in [0.15, 0.2) is 0 Å². The summed E-state index contributed by atoms with van der Waals surface area (Å²) in [5, 5.41) is 23.3. The molecule has 0 bridgehead atoms. The lowest BCUT2D eigenvalue weighted by molar-refractivity contribution is -0.143. The Labute approximate surface area is 520 Å². The minimum atomic E-state index is -0.662. The van der Waals surface area contributed by atoms with Gasteiger partial charge in [0.1, 0.15) is 0 Å². The number of amides is 1. The van der Waals surface area contributed by atoms with Gasteiger partial charge >= 0.3 is 5.97 Å². The largest absolute Gasteiger partial charge is 0.466 e. The molecule has 0 aliphatic heterocycles. The van der Waals surface area contributed by atoms with E-state index in [0.29, 0.717) is 25.9 Å². The Kier molecular flexibility index (Phi) is 71.4. The summed E-state index contributed by atoms with van der Waals surface area (Å²) in [5.41, 5.74) is 0. The van der Waals surface area contributed by atoms with E-state index in [-0.39, 0.29) is 18.5 Å². The van der Waals surface area contributed by atoms with Crippen molar-refractivity contribution in [1.82, 2.24) is 5.32 Å². The number of aliphatic hydroxyl groups excluding tert-OH is 2. The SMILES string of the molecule is CCCCCCCCCCCCCCCCCCCC(=O)OCCCCCCCCCCCCC/C=C\C/C=C\CCCCCCCCCCCCCCCCCCCC(=O)NC(CO)C(O)CCCCCCCCCCCCCCCC. The van der Waals surface area contributed by atoms with Crippen LogP contribution in [0.25, 0.3) is 0 Å². The van der Waals surface area contributed by atoms with Crippen LogP contribution in [0.15, 0.2) is 24.3 Å². The van der Waals surface area contributed by atoms with Gasteiger partial charge in [-0.2, -0.15) is 0 Å². The summed E-state index contributed by atoms with van der Waals surface area (Å²) < 4.78 is 5.51. The second-order valence-electron chi connectivity index (χ2n) is 26.3. The summed E-state index contributed by atoms with van der Waals surface area (Å²) in [6, 6.07) is -0.539. The topological polar surface area (TPSA) is 95.9 Å². The molecule has 83 heavy (non-hydrogen) atoms. The van der Waals surface area contributed by atoms with Crippen molar-refractivity contribution >= 4 is 11.9 Å². The number of rotatable bonds is 72. The molecule has 2 atom stereocenters. The summed E-state index contributed by atoms with van der Waals surface area (Å²) in [4.78, 5) is 24.6. The van der Waals surface area contributed by atoms with Gasteiger partial charge in [-0.3, -0.25) is 9.59 Å². The normalized spacial score (nSPS) is 12.6. The lowest BCUT2D eigenvalue weighted by atomic mass is 10.0. The van der Waals surface area contributed by atoms with E-state index in [1.165, 1.54) is 353 Å². The fraction of sp³-hybridized carbons (Fsp3) is 0.922. The standard InChI is InChI=1S/C77H149NO5/c1-3-5-7-9-11-13-15-17-19-39-43-47-51-55-59-63-67-71-77(82)83-72-68-64-60-56-52-48-44-41-38-36-34-32-30-28-26-24-22-20-21-23-25-27-29-31-33-35-37-40-42-46-50-54-58-62-66-70-76(81)78-74(73-79)75(80)69-65-61-57-53-49-45-18-16-14-12-10-8-6-4-2/h22,24,28,30,74-75,79-80H,3-21,23,25-27,29,31-73H2,1-2H3,(H,78,81)/b24-22-,30-28-. The van der Waals surface area contributed by atoms with Crippen molar-refractivity contribution in [2.45, 2.75) is 443 Å². The predicted molar refractivity (Wildman–Crippen MR) is 366 cm³/mol. The minimum Gasteiger partial charge on any atom is -0.466 e. The zero-order valence-corrected chi connectivity index (χ0v) is 56.5. The average molecular weight is 1170 g/mol. The van der Waals surface area contributed by atoms with Gasteiger partial charge < -0.3 is 20.3 Å². The molecule has 2 unspecified atom stereocenters. The monoisotopic (exact) mass is 1170 g/mol. The Morgan fingerprint density at radius 3 is 0.916 bits per heavy atom. The molecule has 0 aromatic rings. The van der Waals surface area contributed by atoms with Crippen LogP contribution >= 0.6 is 0 Å². The fourth-order valence-electron chi connectivity index (χ4n) is 12.2. The van der Waals surface area contributed by atoms with Gasteiger partial charge in [0, 0.05) is 12.8 Å². The Bertz CT molecular complexity index is 1300. The van der Waals surface area contributed by atoms with Crippen LogP contribution in [0.3, 0.4) is 0 Å². The van der Waals surface area contributed by atoms with Crippen LogP contribution in [0.4, 0.5) is 0 Å². The van der Waals surface area contributed by atoms with Crippen LogP contribution in [0.2, 0.25) is 0 Å².